The zero-order chi connectivity index (χ0) is 14.7. The monoisotopic (exact) mass is 284 g/mol. The minimum Gasteiger partial charge on any atom is -0.359 e. The molecule has 0 saturated carbocycles. The minimum absolute atomic E-state index is 0.0643. The van der Waals surface area contributed by atoms with E-state index in [4.69, 9.17) is 4.52 Å². The number of benzene rings is 1. The summed E-state index contributed by atoms with van der Waals surface area (Å²) in [5.74, 6) is 1.02. The van der Waals surface area contributed by atoms with Crippen LogP contribution in [0.25, 0.3) is 0 Å². The van der Waals surface area contributed by atoms with E-state index in [1.807, 2.05) is 36.1 Å². The molecule has 110 valence electrons. The quantitative estimate of drug-likeness (QED) is 0.865. The maximum absolute atomic E-state index is 12.5. The molecule has 3 rings (SSSR count). The van der Waals surface area contributed by atoms with Crippen LogP contribution in [0.1, 0.15) is 42.3 Å². The first-order valence-electron chi connectivity index (χ1n) is 7.50. The smallest absolute Gasteiger partial charge is 0.223 e. The number of rotatable bonds is 4. The highest BCUT2D eigenvalue weighted by Crippen LogP contribution is 2.32. The van der Waals surface area contributed by atoms with Crippen molar-refractivity contribution in [3.05, 3.63) is 53.4 Å². The Bertz CT molecular complexity index is 606. The van der Waals surface area contributed by atoms with Gasteiger partial charge in [0.15, 0.2) is 5.76 Å². The van der Waals surface area contributed by atoms with Gasteiger partial charge in [-0.25, -0.2) is 0 Å². The van der Waals surface area contributed by atoms with Crippen molar-refractivity contribution >= 4 is 5.91 Å². The molecule has 0 radical (unpaired) electrons. The summed E-state index contributed by atoms with van der Waals surface area (Å²) in [5, 5.41) is 3.94. The molecule has 1 aromatic carbocycles. The predicted molar refractivity (Wildman–Crippen MR) is 79.7 cm³/mol. The Kier molecular flexibility index (Phi) is 4.04. The van der Waals surface area contributed by atoms with Crippen LogP contribution in [-0.2, 0) is 11.2 Å². The van der Waals surface area contributed by atoms with Gasteiger partial charge in [0.2, 0.25) is 5.91 Å². The molecule has 1 amide bonds. The number of carbonyl (C=O) groups is 1. The number of hydrogen-bond acceptors (Lipinski definition) is 3. The van der Waals surface area contributed by atoms with Crippen LogP contribution in [0.2, 0.25) is 0 Å². The first-order valence-corrected chi connectivity index (χ1v) is 7.50. The van der Waals surface area contributed by atoms with Crippen molar-refractivity contribution in [3.8, 4) is 0 Å². The summed E-state index contributed by atoms with van der Waals surface area (Å²) in [4.78, 5) is 14.4. The van der Waals surface area contributed by atoms with Gasteiger partial charge < -0.3 is 9.42 Å². The van der Waals surface area contributed by atoms with E-state index in [9.17, 15) is 4.79 Å². The number of nitrogens with zero attached hydrogens (tertiary/aromatic N) is 2. The molecule has 0 N–H and O–H groups in total. The molecule has 1 atom stereocenters. The molecule has 21 heavy (non-hydrogen) atoms. The van der Waals surface area contributed by atoms with Crippen LogP contribution in [0.15, 0.2) is 40.9 Å². The molecule has 1 fully saturated rings. The molecule has 2 aromatic rings. The summed E-state index contributed by atoms with van der Waals surface area (Å²) in [5.41, 5.74) is 2.07. The lowest BCUT2D eigenvalue weighted by molar-refractivity contribution is -0.132. The average Bonchev–Trinajstić information content (AvgIpc) is 3.14. The molecule has 0 unspecified atom stereocenters. The van der Waals surface area contributed by atoms with Gasteiger partial charge in [-0.15, -0.1) is 0 Å². The van der Waals surface area contributed by atoms with E-state index in [0.29, 0.717) is 6.42 Å². The SMILES string of the molecule is Cc1cc([C@H]2CCCN2C(=O)CCc2ccccc2)on1. The number of hydrogen-bond donors (Lipinski definition) is 0. The molecule has 1 saturated heterocycles. The Labute approximate surface area is 124 Å². The summed E-state index contributed by atoms with van der Waals surface area (Å²) in [6.45, 7) is 2.72. The van der Waals surface area contributed by atoms with Gasteiger partial charge in [-0.05, 0) is 31.7 Å². The van der Waals surface area contributed by atoms with Crippen molar-refractivity contribution in [1.29, 1.82) is 0 Å². The lowest BCUT2D eigenvalue weighted by atomic mass is 10.1. The molecule has 0 aliphatic carbocycles. The van der Waals surface area contributed by atoms with E-state index in [0.717, 1.165) is 37.3 Å². The van der Waals surface area contributed by atoms with Gasteiger partial charge in [0, 0.05) is 19.0 Å². The van der Waals surface area contributed by atoms with Crippen LogP contribution in [0.3, 0.4) is 0 Å². The van der Waals surface area contributed by atoms with Gasteiger partial charge >= 0.3 is 0 Å². The second-order valence-electron chi connectivity index (χ2n) is 5.60. The zero-order valence-electron chi connectivity index (χ0n) is 12.3. The fourth-order valence-corrected chi connectivity index (χ4v) is 2.94. The maximum atomic E-state index is 12.5. The van der Waals surface area contributed by atoms with Gasteiger partial charge in [0.1, 0.15) is 0 Å². The van der Waals surface area contributed by atoms with Gasteiger partial charge in [0.25, 0.3) is 0 Å². The Hall–Kier alpha value is -2.10. The molecule has 1 aliphatic rings. The first kappa shape index (κ1) is 13.9. The third kappa shape index (κ3) is 3.15. The summed E-state index contributed by atoms with van der Waals surface area (Å²) in [6.07, 6.45) is 3.33. The second kappa shape index (κ2) is 6.12. The van der Waals surface area contributed by atoms with E-state index >= 15 is 0 Å². The number of aryl methyl sites for hydroxylation is 2. The number of carbonyl (C=O) groups excluding carboxylic acids is 1. The van der Waals surface area contributed by atoms with E-state index in [-0.39, 0.29) is 11.9 Å². The third-order valence-electron chi connectivity index (χ3n) is 4.02. The summed E-state index contributed by atoms with van der Waals surface area (Å²) >= 11 is 0. The van der Waals surface area contributed by atoms with Crippen LogP contribution in [0.5, 0.6) is 0 Å². The molecule has 1 aromatic heterocycles. The van der Waals surface area contributed by atoms with Crippen molar-refractivity contribution in [2.75, 3.05) is 6.54 Å². The first-order chi connectivity index (χ1) is 10.2. The normalized spacial score (nSPS) is 18.1. The summed E-state index contributed by atoms with van der Waals surface area (Å²) in [7, 11) is 0. The van der Waals surface area contributed by atoms with Crippen molar-refractivity contribution < 1.29 is 9.32 Å². The number of amides is 1. The standard InChI is InChI=1S/C17H20N2O2/c1-13-12-16(21-18-13)15-8-5-11-19(15)17(20)10-9-14-6-3-2-4-7-14/h2-4,6-7,12,15H,5,8-11H2,1H3/t15-/m1/s1. The predicted octanol–water partition coefficient (Wildman–Crippen LogP) is 3.28. The summed E-state index contributed by atoms with van der Waals surface area (Å²) < 4.78 is 5.35. The van der Waals surface area contributed by atoms with Crippen LogP contribution in [0, 0.1) is 6.92 Å². The van der Waals surface area contributed by atoms with Crippen molar-refractivity contribution in [2.24, 2.45) is 0 Å². The number of aromatic nitrogens is 1. The Balaban J connectivity index is 1.63. The molecule has 2 heterocycles. The van der Waals surface area contributed by atoms with E-state index < -0.39 is 0 Å². The molecular formula is C17H20N2O2. The van der Waals surface area contributed by atoms with E-state index in [1.165, 1.54) is 5.56 Å². The largest absolute Gasteiger partial charge is 0.359 e. The van der Waals surface area contributed by atoms with Gasteiger partial charge in [-0.2, -0.15) is 0 Å². The highest BCUT2D eigenvalue weighted by Gasteiger charge is 2.32. The molecule has 0 spiro atoms. The topological polar surface area (TPSA) is 46.3 Å². The fraction of sp³-hybridized carbons (Fsp3) is 0.412. The second-order valence-corrected chi connectivity index (χ2v) is 5.60. The van der Waals surface area contributed by atoms with E-state index in [1.54, 1.807) is 0 Å². The highest BCUT2D eigenvalue weighted by atomic mass is 16.5. The van der Waals surface area contributed by atoms with Gasteiger partial charge in [-0.1, -0.05) is 35.5 Å². The molecule has 0 bridgehead atoms. The van der Waals surface area contributed by atoms with E-state index in [2.05, 4.69) is 17.3 Å². The minimum atomic E-state index is 0.0643. The maximum Gasteiger partial charge on any atom is 0.223 e. The Morgan fingerprint density at radius 3 is 2.90 bits per heavy atom. The average molecular weight is 284 g/mol. The summed E-state index contributed by atoms with van der Waals surface area (Å²) in [6, 6.07) is 12.1. The highest BCUT2D eigenvalue weighted by molar-refractivity contribution is 5.77. The van der Waals surface area contributed by atoms with Crippen LogP contribution in [-0.4, -0.2) is 22.5 Å². The Morgan fingerprint density at radius 2 is 2.19 bits per heavy atom. The van der Waals surface area contributed by atoms with Crippen LogP contribution >= 0.6 is 0 Å². The fourth-order valence-electron chi connectivity index (χ4n) is 2.94. The molecule has 4 heteroatoms. The number of likely N-dealkylation sites (tertiary alicyclic amines) is 1. The van der Waals surface area contributed by atoms with Gasteiger partial charge in [-0.3, -0.25) is 4.79 Å². The molecular weight excluding hydrogens is 264 g/mol. The van der Waals surface area contributed by atoms with Crippen LogP contribution in [0.4, 0.5) is 0 Å². The Morgan fingerprint density at radius 1 is 1.38 bits per heavy atom. The lowest BCUT2D eigenvalue weighted by Crippen LogP contribution is -2.30. The van der Waals surface area contributed by atoms with Crippen molar-refractivity contribution in [2.45, 2.75) is 38.6 Å². The van der Waals surface area contributed by atoms with Gasteiger partial charge in [0.05, 0.1) is 11.7 Å². The third-order valence-corrected chi connectivity index (χ3v) is 4.02. The molecule has 1 aliphatic heterocycles. The van der Waals surface area contributed by atoms with Crippen molar-refractivity contribution in [3.63, 3.8) is 0 Å². The molecule has 4 nitrogen and oxygen atoms in total. The van der Waals surface area contributed by atoms with Crippen molar-refractivity contribution in [1.82, 2.24) is 10.1 Å². The lowest BCUT2D eigenvalue weighted by Gasteiger charge is -2.22. The van der Waals surface area contributed by atoms with Crippen LogP contribution < -0.4 is 0 Å². The zero-order valence-corrected chi connectivity index (χ0v) is 12.3.